The minimum atomic E-state index is -1.13. The van der Waals surface area contributed by atoms with Crippen molar-refractivity contribution in [3.63, 3.8) is 0 Å². The molecule has 1 atom stereocenters. The normalized spacial score (nSPS) is 18.4. The maximum atomic E-state index is 12.1. The van der Waals surface area contributed by atoms with Crippen LogP contribution in [0, 0.1) is 0 Å². The van der Waals surface area contributed by atoms with Crippen molar-refractivity contribution in [2.24, 2.45) is 0 Å². The highest BCUT2D eigenvalue weighted by atomic mass is 16.4. The summed E-state index contributed by atoms with van der Waals surface area (Å²) < 4.78 is 0. The Bertz CT molecular complexity index is 560. The summed E-state index contributed by atoms with van der Waals surface area (Å²) in [6.45, 7) is 2.41. The smallest absolute Gasteiger partial charge is 0.337 e. The van der Waals surface area contributed by atoms with Crippen molar-refractivity contribution in [1.82, 2.24) is 15.2 Å². The van der Waals surface area contributed by atoms with Gasteiger partial charge in [-0.3, -0.25) is 9.78 Å². The highest BCUT2D eigenvalue weighted by Crippen LogP contribution is 2.11. The summed E-state index contributed by atoms with van der Waals surface area (Å²) in [7, 11) is 0. The number of aromatic carboxylic acids is 1. The number of piperazine rings is 1. The van der Waals surface area contributed by atoms with Gasteiger partial charge in [0, 0.05) is 19.3 Å². The third-order valence-corrected chi connectivity index (χ3v) is 3.00. The van der Waals surface area contributed by atoms with Crippen LogP contribution in [0.15, 0.2) is 18.5 Å². The highest BCUT2D eigenvalue weighted by Gasteiger charge is 2.29. The molecule has 106 valence electrons. The molecule has 1 aromatic heterocycles. The van der Waals surface area contributed by atoms with Crippen molar-refractivity contribution < 1.29 is 19.5 Å². The lowest BCUT2D eigenvalue weighted by Crippen LogP contribution is -2.56. The number of pyridine rings is 1. The minimum absolute atomic E-state index is 0.0211. The van der Waals surface area contributed by atoms with Gasteiger partial charge in [-0.2, -0.15) is 0 Å². The van der Waals surface area contributed by atoms with E-state index in [9.17, 15) is 14.4 Å². The zero-order valence-electron chi connectivity index (χ0n) is 10.8. The van der Waals surface area contributed by atoms with E-state index in [1.807, 2.05) is 0 Å². The Kier molecular flexibility index (Phi) is 3.83. The van der Waals surface area contributed by atoms with Crippen molar-refractivity contribution >= 4 is 23.6 Å². The molecule has 20 heavy (non-hydrogen) atoms. The molecule has 0 spiro atoms. The number of hydrogen-bond donors (Lipinski definition) is 3. The summed E-state index contributed by atoms with van der Waals surface area (Å²) in [6.07, 6.45) is 2.54. The number of nitrogens with zero attached hydrogens (tertiary/aromatic N) is 2. The molecule has 0 bridgehead atoms. The molecule has 2 heterocycles. The predicted octanol–water partition coefficient (Wildman–Crippen LogP) is 0.132. The van der Waals surface area contributed by atoms with Crippen molar-refractivity contribution in [2.75, 3.05) is 18.4 Å². The lowest BCUT2D eigenvalue weighted by Gasteiger charge is -2.32. The maximum absolute atomic E-state index is 12.1. The van der Waals surface area contributed by atoms with E-state index in [0.717, 1.165) is 0 Å². The number of urea groups is 1. The van der Waals surface area contributed by atoms with Crippen LogP contribution in [0.4, 0.5) is 10.5 Å². The summed E-state index contributed by atoms with van der Waals surface area (Å²) in [5.41, 5.74) is 0.250. The van der Waals surface area contributed by atoms with Gasteiger partial charge < -0.3 is 20.6 Å². The lowest BCUT2D eigenvalue weighted by molar-refractivity contribution is -0.126. The standard InChI is InChI=1S/C12H14N4O4/c1-7-10(17)14-2-3-16(7)12(20)15-9-4-8(11(18)19)5-13-6-9/h4-7H,2-3H2,1H3,(H,14,17)(H,15,20)(H,18,19). The summed E-state index contributed by atoms with van der Waals surface area (Å²) in [5, 5.41) is 14.0. The van der Waals surface area contributed by atoms with Crippen LogP contribution in [0.3, 0.4) is 0 Å². The lowest BCUT2D eigenvalue weighted by atomic mass is 10.2. The van der Waals surface area contributed by atoms with Crippen LogP contribution < -0.4 is 10.6 Å². The molecule has 1 saturated heterocycles. The van der Waals surface area contributed by atoms with Gasteiger partial charge in [-0.25, -0.2) is 9.59 Å². The first-order valence-electron chi connectivity index (χ1n) is 6.02. The molecule has 0 radical (unpaired) electrons. The number of carboxylic acids is 1. The van der Waals surface area contributed by atoms with E-state index in [2.05, 4.69) is 15.6 Å². The monoisotopic (exact) mass is 278 g/mol. The van der Waals surface area contributed by atoms with Crippen molar-refractivity contribution in [3.05, 3.63) is 24.0 Å². The molecule has 3 N–H and O–H groups in total. The second-order valence-corrected chi connectivity index (χ2v) is 4.36. The second-order valence-electron chi connectivity index (χ2n) is 4.36. The second kappa shape index (κ2) is 5.55. The number of carbonyl (C=O) groups excluding carboxylic acids is 2. The van der Waals surface area contributed by atoms with E-state index < -0.39 is 18.0 Å². The Labute approximate surface area is 114 Å². The SMILES string of the molecule is CC1C(=O)NCCN1C(=O)Nc1cncc(C(=O)O)c1. The molecule has 0 aromatic carbocycles. The van der Waals surface area contributed by atoms with E-state index in [0.29, 0.717) is 13.1 Å². The first-order chi connectivity index (χ1) is 9.49. The zero-order valence-corrected chi connectivity index (χ0v) is 10.8. The Morgan fingerprint density at radius 1 is 1.50 bits per heavy atom. The van der Waals surface area contributed by atoms with Crippen LogP contribution >= 0.6 is 0 Å². The molecule has 2 rings (SSSR count). The molecule has 0 aliphatic carbocycles. The van der Waals surface area contributed by atoms with Crippen LogP contribution in [-0.2, 0) is 4.79 Å². The molecule has 1 unspecified atom stereocenters. The van der Waals surface area contributed by atoms with Crippen molar-refractivity contribution in [2.45, 2.75) is 13.0 Å². The average molecular weight is 278 g/mol. The molecule has 8 nitrogen and oxygen atoms in total. The topological polar surface area (TPSA) is 112 Å². The first-order valence-corrected chi connectivity index (χ1v) is 6.02. The summed E-state index contributed by atoms with van der Waals surface area (Å²) in [6, 6.07) is 0.276. The van der Waals surface area contributed by atoms with E-state index >= 15 is 0 Å². The molecule has 1 aliphatic rings. The van der Waals surface area contributed by atoms with E-state index in [1.54, 1.807) is 6.92 Å². The van der Waals surface area contributed by atoms with Crippen molar-refractivity contribution in [1.29, 1.82) is 0 Å². The maximum Gasteiger partial charge on any atom is 0.337 e. The van der Waals surface area contributed by atoms with Gasteiger partial charge in [0.25, 0.3) is 0 Å². The van der Waals surface area contributed by atoms with Gasteiger partial charge in [-0.15, -0.1) is 0 Å². The number of carbonyl (C=O) groups is 3. The number of carboxylic acid groups (broad SMARTS) is 1. The average Bonchev–Trinajstić information content (AvgIpc) is 2.42. The molecular formula is C12H14N4O4. The fourth-order valence-corrected chi connectivity index (χ4v) is 1.88. The van der Waals surface area contributed by atoms with Gasteiger partial charge in [-0.05, 0) is 13.0 Å². The van der Waals surface area contributed by atoms with Gasteiger partial charge in [0.15, 0.2) is 0 Å². The Morgan fingerprint density at radius 2 is 2.25 bits per heavy atom. The van der Waals surface area contributed by atoms with Crippen LogP contribution in [0.5, 0.6) is 0 Å². The van der Waals surface area contributed by atoms with Gasteiger partial charge in [0.2, 0.25) is 5.91 Å². The van der Waals surface area contributed by atoms with Crippen LogP contribution in [0.25, 0.3) is 0 Å². The van der Waals surface area contributed by atoms with Gasteiger partial charge in [0.1, 0.15) is 6.04 Å². The van der Waals surface area contributed by atoms with E-state index in [4.69, 9.17) is 5.11 Å². The minimum Gasteiger partial charge on any atom is -0.478 e. The number of rotatable bonds is 2. The predicted molar refractivity (Wildman–Crippen MR) is 69.4 cm³/mol. The fraction of sp³-hybridized carbons (Fsp3) is 0.333. The molecule has 0 saturated carbocycles. The number of anilines is 1. The number of hydrogen-bond acceptors (Lipinski definition) is 4. The first kappa shape index (κ1) is 13.8. The third-order valence-electron chi connectivity index (χ3n) is 3.00. The molecule has 1 aromatic rings. The van der Waals surface area contributed by atoms with Gasteiger partial charge in [0.05, 0.1) is 17.4 Å². The Balaban J connectivity index is 2.09. The molecular weight excluding hydrogens is 264 g/mol. The summed E-state index contributed by atoms with van der Waals surface area (Å²) in [4.78, 5) is 39.5. The van der Waals surface area contributed by atoms with E-state index in [1.165, 1.54) is 23.4 Å². The van der Waals surface area contributed by atoms with Crippen LogP contribution in [0.2, 0.25) is 0 Å². The van der Waals surface area contributed by atoms with Gasteiger partial charge >= 0.3 is 12.0 Å². The number of amides is 3. The van der Waals surface area contributed by atoms with Crippen LogP contribution in [-0.4, -0.2) is 52.0 Å². The molecule has 1 fully saturated rings. The fourth-order valence-electron chi connectivity index (χ4n) is 1.88. The quantitative estimate of drug-likeness (QED) is 0.712. The zero-order chi connectivity index (χ0) is 14.7. The Morgan fingerprint density at radius 3 is 2.95 bits per heavy atom. The Hall–Kier alpha value is -2.64. The largest absolute Gasteiger partial charge is 0.478 e. The van der Waals surface area contributed by atoms with E-state index in [-0.39, 0.29) is 17.2 Å². The third kappa shape index (κ3) is 2.85. The number of nitrogens with one attached hydrogen (secondary N) is 2. The highest BCUT2D eigenvalue weighted by molar-refractivity contribution is 5.95. The van der Waals surface area contributed by atoms with Crippen molar-refractivity contribution in [3.8, 4) is 0 Å². The molecule has 1 aliphatic heterocycles. The van der Waals surface area contributed by atoms with Gasteiger partial charge in [-0.1, -0.05) is 0 Å². The number of aromatic nitrogens is 1. The summed E-state index contributed by atoms with van der Waals surface area (Å²) in [5.74, 6) is -1.34. The summed E-state index contributed by atoms with van der Waals surface area (Å²) >= 11 is 0. The molecule has 8 heteroatoms. The van der Waals surface area contributed by atoms with Crippen LogP contribution in [0.1, 0.15) is 17.3 Å². The molecule has 3 amide bonds.